The zero-order valence-corrected chi connectivity index (χ0v) is 23.3. The SMILES string of the molecule is CNS(=O)(=O)CC[C@H]1CN(S(=O)(=O)c2cn(C(F)F)nc2C)c2cc(CC(=O)OC(C)(C)C(F)(F)F)ccc2O1. The highest BCUT2D eigenvalue weighted by molar-refractivity contribution is 7.93. The molecule has 3 rings (SSSR count). The third kappa shape index (κ3) is 6.83. The van der Waals surface area contributed by atoms with E-state index >= 15 is 0 Å². The van der Waals surface area contributed by atoms with E-state index in [1.807, 2.05) is 0 Å². The lowest BCUT2D eigenvalue weighted by Gasteiger charge is -2.35. The van der Waals surface area contributed by atoms with Crippen LogP contribution in [-0.2, 0) is 36.0 Å². The van der Waals surface area contributed by atoms with Gasteiger partial charge in [0.15, 0.2) is 0 Å². The molecule has 0 spiro atoms. The summed E-state index contributed by atoms with van der Waals surface area (Å²) >= 11 is 0. The second-order valence-electron chi connectivity index (χ2n) is 9.39. The van der Waals surface area contributed by atoms with E-state index in [1.165, 1.54) is 32.2 Å². The van der Waals surface area contributed by atoms with Gasteiger partial charge in [-0.25, -0.2) is 26.2 Å². The van der Waals surface area contributed by atoms with E-state index in [9.17, 15) is 43.6 Å². The number of sulfonamides is 2. The second-order valence-corrected chi connectivity index (χ2v) is 13.3. The van der Waals surface area contributed by atoms with E-state index in [-0.39, 0.29) is 33.8 Å². The molecule has 2 aromatic rings. The number of nitrogens with one attached hydrogen (secondary N) is 1. The molecule has 1 N–H and O–H groups in total. The highest BCUT2D eigenvalue weighted by atomic mass is 32.2. The zero-order valence-electron chi connectivity index (χ0n) is 21.7. The van der Waals surface area contributed by atoms with Crippen molar-refractivity contribution in [3.05, 3.63) is 35.7 Å². The number of hydrogen-bond donors (Lipinski definition) is 1. The van der Waals surface area contributed by atoms with E-state index in [1.54, 1.807) is 0 Å². The van der Waals surface area contributed by atoms with Gasteiger partial charge >= 0.3 is 18.7 Å². The smallest absolute Gasteiger partial charge is 0.427 e. The van der Waals surface area contributed by atoms with Crippen LogP contribution in [-0.4, -0.2) is 69.8 Å². The van der Waals surface area contributed by atoms with Crippen molar-refractivity contribution in [1.29, 1.82) is 0 Å². The zero-order chi connectivity index (χ0) is 30.3. The number of halogens is 5. The number of esters is 1. The predicted molar refractivity (Wildman–Crippen MR) is 131 cm³/mol. The number of carbonyl (C=O) groups excluding carboxylic acids is 1. The van der Waals surface area contributed by atoms with Crippen LogP contribution >= 0.6 is 0 Å². The van der Waals surface area contributed by atoms with Gasteiger partial charge in [-0.3, -0.25) is 9.10 Å². The average Bonchev–Trinajstić information content (AvgIpc) is 3.24. The summed E-state index contributed by atoms with van der Waals surface area (Å²) < 4.78 is 130. The molecule has 0 unspecified atom stereocenters. The maximum absolute atomic E-state index is 13.7. The van der Waals surface area contributed by atoms with Gasteiger partial charge in [-0.1, -0.05) is 6.07 Å². The van der Waals surface area contributed by atoms with Crippen LogP contribution in [0.5, 0.6) is 5.75 Å². The van der Waals surface area contributed by atoms with Gasteiger partial charge in [0, 0.05) is 6.42 Å². The van der Waals surface area contributed by atoms with Crippen molar-refractivity contribution in [2.24, 2.45) is 0 Å². The summed E-state index contributed by atoms with van der Waals surface area (Å²) in [7, 11) is -7.08. The van der Waals surface area contributed by atoms with Crippen molar-refractivity contribution in [2.45, 2.75) is 62.9 Å². The Morgan fingerprint density at radius 1 is 1.23 bits per heavy atom. The largest absolute Gasteiger partial charge is 0.486 e. The Kier molecular flexibility index (Phi) is 8.76. The number of ether oxygens (including phenoxy) is 2. The first-order valence-corrected chi connectivity index (χ1v) is 14.7. The van der Waals surface area contributed by atoms with Crippen LogP contribution in [0, 0.1) is 6.92 Å². The van der Waals surface area contributed by atoms with Crippen LogP contribution in [0.25, 0.3) is 0 Å². The number of alkyl halides is 5. The molecule has 1 aliphatic rings. The monoisotopic (exact) mass is 618 g/mol. The lowest BCUT2D eigenvalue weighted by molar-refractivity contribution is -0.257. The Morgan fingerprint density at radius 3 is 2.42 bits per heavy atom. The van der Waals surface area contributed by atoms with E-state index in [0.29, 0.717) is 20.0 Å². The minimum absolute atomic E-state index is 0.0478. The molecule has 0 fully saturated rings. The molecule has 1 aromatic carbocycles. The molecule has 0 amide bonds. The first-order valence-electron chi connectivity index (χ1n) is 11.6. The summed E-state index contributed by atoms with van der Waals surface area (Å²) in [5.41, 5.74) is -3.09. The molecule has 0 saturated carbocycles. The third-order valence-electron chi connectivity index (χ3n) is 6.01. The molecule has 0 aliphatic carbocycles. The summed E-state index contributed by atoms with van der Waals surface area (Å²) in [5.74, 6) is -1.70. The maximum Gasteiger partial charge on any atom is 0.427 e. The van der Waals surface area contributed by atoms with Crippen molar-refractivity contribution in [2.75, 3.05) is 23.7 Å². The van der Waals surface area contributed by atoms with Crippen LogP contribution in [0.3, 0.4) is 0 Å². The van der Waals surface area contributed by atoms with E-state index in [2.05, 4.69) is 14.6 Å². The van der Waals surface area contributed by atoms with Gasteiger partial charge in [-0.05, 0) is 45.5 Å². The standard InChI is InChI=1S/C22H27F5N4O7S2/c1-13-18(12-30(29-13)20(23)24)40(35,36)31-11-15(7-8-39(33,34)28-4)37-17-6-5-14(9-16(17)31)10-19(32)38-21(2,3)22(25,26)27/h5-6,9,12,15,20,28H,7-8,10-11H2,1-4H3/t15-/m0/s1. The Bertz CT molecular complexity index is 1470. The van der Waals surface area contributed by atoms with Gasteiger partial charge in [0.2, 0.25) is 15.6 Å². The average molecular weight is 619 g/mol. The van der Waals surface area contributed by atoms with Crippen molar-refractivity contribution >= 4 is 31.7 Å². The molecule has 1 atom stereocenters. The summed E-state index contributed by atoms with van der Waals surface area (Å²) in [6, 6.07) is 3.75. The number of aromatic nitrogens is 2. The van der Waals surface area contributed by atoms with Crippen molar-refractivity contribution in [1.82, 2.24) is 14.5 Å². The molecule has 1 aliphatic heterocycles. The molecule has 0 radical (unpaired) electrons. The lowest BCUT2D eigenvalue weighted by Crippen LogP contribution is -2.44. The highest BCUT2D eigenvalue weighted by Crippen LogP contribution is 2.39. The molecule has 224 valence electrons. The first-order chi connectivity index (χ1) is 18.3. The lowest BCUT2D eigenvalue weighted by atomic mass is 10.1. The van der Waals surface area contributed by atoms with Gasteiger partial charge in [0.05, 0.1) is 36.3 Å². The Morgan fingerprint density at radius 2 is 1.88 bits per heavy atom. The van der Waals surface area contributed by atoms with Crippen LogP contribution in [0.4, 0.5) is 27.6 Å². The van der Waals surface area contributed by atoms with Crippen LogP contribution < -0.4 is 13.8 Å². The van der Waals surface area contributed by atoms with Gasteiger partial charge in [0.25, 0.3) is 10.0 Å². The number of rotatable bonds is 10. The fourth-order valence-electron chi connectivity index (χ4n) is 3.72. The number of fused-ring (bicyclic) bond motifs is 1. The molecule has 40 heavy (non-hydrogen) atoms. The molecule has 0 saturated heterocycles. The van der Waals surface area contributed by atoms with Gasteiger partial charge in [-0.15, -0.1) is 0 Å². The molecule has 0 bridgehead atoms. The topological polar surface area (TPSA) is 137 Å². The molecular formula is C22H27F5N4O7S2. The maximum atomic E-state index is 13.7. The Hall–Kier alpha value is -2.99. The minimum Gasteiger partial charge on any atom is -0.486 e. The van der Waals surface area contributed by atoms with Gasteiger partial charge in [0.1, 0.15) is 16.7 Å². The predicted octanol–water partition coefficient (Wildman–Crippen LogP) is 2.91. The van der Waals surface area contributed by atoms with Crippen molar-refractivity contribution in [3.8, 4) is 5.75 Å². The molecular weight excluding hydrogens is 591 g/mol. The van der Waals surface area contributed by atoms with E-state index in [0.717, 1.165) is 4.31 Å². The summed E-state index contributed by atoms with van der Waals surface area (Å²) in [5, 5.41) is 3.53. The fourth-order valence-corrected chi connectivity index (χ4v) is 6.15. The number of nitrogens with zero attached hydrogens (tertiary/aromatic N) is 3. The normalized spacial score (nSPS) is 16.6. The summed E-state index contributed by atoms with van der Waals surface area (Å²) in [6.07, 6.45) is -5.99. The van der Waals surface area contributed by atoms with Crippen LogP contribution in [0.2, 0.25) is 0 Å². The summed E-state index contributed by atoms with van der Waals surface area (Å²) in [6.45, 7) is -1.01. The van der Waals surface area contributed by atoms with Crippen molar-refractivity contribution in [3.63, 3.8) is 0 Å². The van der Waals surface area contributed by atoms with Crippen molar-refractivity contribution < 1.29 is 53.1 Å². The van der Waals surface area contributed by atoms with Gasteiger partial charge < -0.3 is 9.47 Å². The Balaban J connectivity index is 2.00. The quantitative estimate of drug-likeness (QED) is 0.317. The number of hydrogen-bond acceptors (Lipinski definition) is 8. The molecule has 2 heterocycles. The van der Waals surface area contributed by atoms with Gasteiger partial charge in [-0.2, -0.15) is 27.1 Å². The fraction of sp³-hybridized carbons (Fsp3) is 0.545. The summed E-state index contributed by atoms with van der Waals surface area (Å²) in [4.78, 5) is 11.7. The second kappa shape index (κ2) is 11.1. The Labute approximate surface area is 227 Å². The molecule has 11 nitrogen and oxygen atoms in total. The molecule has 1 aromatic heterocycles. The minimum atomic E-state index is -4.84. The first kappa shape index (κ1) is 31.5. The number of benzene rings is 1. The number of anilines is 1. The van der Waals surface area contributed by atoms with Crippen LogP contribution in [0.1, 0.15) is 38.1 Å². The highest BCUT2D eigenvalue weighted by Gasteiger charge is 2.50. The third-order valence-corrected chi connectivity index (χ3v) is 9.29. The van der Waals surface area contributed by atoms with E-state index < -0.39 is 74.1 Å². The number of carbonyl (C=O) groups is 1. The number of aryl methyl sites for hydroxylation is 1. The molecule has 18 heteroatoms. The van der Waals surface area contributed by atoms with E-state index in [4.69, 9.17) is 4.74 Å². The van der Waals surface area contributed by atoms with Crippen LogP contribution in [0.15, 0.2) is 29.3 Å².